The van der Waals surface area contributed by atoms with Crippen LogP contribution in [0.25, 0.3) is 0 Å². The van der Waals surface area contributed by atoms with Crippen LogP contribution in [0.3, 0.4) is 0 Å². The van der Waals surface area contributed by atoms with Gasteiger partial charge >= 0.3 is 5.97 Å². The second-order valence-corrected chi connectivity index (χ2v) is 8.87. The molecule has 29 heavy (non-hydrogen) atoms. The number of carboxylic acid groups (broad SMARTS) is 1. The molecule has 0 spiro atoms. The van der Waals surface area contributed by atoms with Crippen LogP contribution in [0.5, 0.6) is 11.5 Å². The zero-order valence-electron chi connectivity index (χ0n) is 16.6. The van der Waals surface area contributed by atoms with E-state index in [2.05, 4.69) is 33.2 Å². The molecule has 2 atom stereocenters. The molecule has 158 valence electrons. The molecule has 8 heteroatoms. The van der Waals surface area contributed by atoms with Gasteiger partial charge in [0.15, 0.2) is 11.5 Å². The number of hydrazine groups is 1. The van der Waals surface area contributed by atoms with Gasteiger partial charge in [0.25, 0.3) is 0 Å². The third kappa shape index (κ3) is 4.35. The van der Waals surface area contributed by atoms with Gasteiger partial charge in [0.2, 0.25) is 6.79 Å². The number of aliphatic carboxylic acids is 1. The van der Waals surface area contributed by atoms with Gasteiger partial charge in [-0.15, -0.1) is 0 Å². The highest BCUT2D eigenvalue weighted by molar-refractivity contribution is 5.69. The van der Waals surface area contributed by atoms with Gasteiger partial charge in [0.1, 0.15) is 0 Å². The van der Waals surface area contributed by atoms with Crippen molar-refractivity contribution in [1.29, 1.82) is 0 Å². The van der Waals surface area contributed by atoms with E-state index >= 15 is 0 Å². The molecule has 0 radical (unpaired) electrons. The third-order valence-electron chi connectivity index (χ3n) is 6.68. The fourth-order valence-corrected chi connectivity index (χ4v) is 4.71. The van der Waals surface area contributed by atoms with E-state index in [1.807, 2.05) is 6.07 Å². The summed E-state index contributed by atoms with van der Waals surface area (Å²) in [5.74, 6) is 2.08. The van der Waals surface area contributed by atoms with Crippen LogP contribution in [0.1, 0.15) is 37.3 Å². The molecule has 2 saturated carbocycles. The van der Waals surface area contributed by atoms with Crippen molar-refractivity contribution in [2.24, 2.45) is 11.8 Å². The number of nitrogens with zero attached hydrogens (tertiary/aromatic N) is 1. The van der Waals surface area contributed by atoms with Gasteiger partial charge in [-0.3, -0.25) is 15.1 Å². The first-order valence-electron chi connectivity index (χ1n) is 10.7. The van der Waals surface area contributed by atoms with E-state index in [-0.39, 0.29) is 12.6 Å². The number of hydrogen-bond acceptors (Lipinski definition) is 7. The van der Waals surface area contributed by atoms with E-state index in [4.69, 9.17) is 9.47 Å². The van der Waals surface area contributed by atoms with Crippen LogP contribution in [0, 0.1) is 11.8 Å². The first-order chi connectivity index (χ1) is 14.2. The Kier molecular flexibility index (Phi) is 5.34. The summed E-state index contributed by atoms with van der Waals surface area (Å²) in [4.78, 5) is 13.4. The van der Waals surface area contributed by atoms with Gasteiger partial charge in [-0.25, -0.2) is 5.43 Å². The molecule has 1 aromatic rings. The Morgan fingerprint density at radius 1 is 1.24 bits per heavy atom. The average Bonchev–Trinajstić information content (AvgIpc) is 3.16. The Labute approximate surface area is 170 Å². The molecule has 3 fully saturated rings. The molecule has 2 aliphatic heterocycles. The maximum Gasteiger partial charge on any atom is 0.317 e. The molecule has 4 N–H and O–H groups in total. The van der Waals surface area contributed by atoms with Crippen LogP contribution >= 0.6 is 0 Å². The average molecular weight is 402 g/mol. The molecule has 5 rings (SSSR count). The van der Waals surface area contributed by atoms with Crippen molar-refractivity contribution >= 4 is 5.97 Å². The topological polar surface area (TPSA) is 95.1 Å². The number of fused-ring (bicyclic) bond motifs is 1. The molecule has 2 unspecified atom stereocenters. The monoisotopic (exact) mass is 402 g/mol. The molecular weight excluding hydrogens is 372 g/mol. The maximum atomic E-state index is 11.2. The van der Waals surface area contributed by atoms with Crippen LogP contribution in [0.15, 0.2) is 18.2 Å². The molecule has 2 heterocycles. The van der Waals surface area contributed by atoms with Gasteiger partial charge in [-0.05, 0) is 49.3 Å². The fourth-order valence-electron chi connectivity index (χ4n) is 4.71. The highest BCUT2D eigenvalue weighted by Gasteiger charge is 2.38. The zero-order valence-corrected chi connectivity index (χ0v) is 16.6. The Morgan fingerprint density at radius 2 is 2.07 bits per heavy atom. The van der Waals surface area contributed by atoms with Gasteiger partial charge in [0.05, 0.1) is 12.6 Å². The molecular formula is C21H30N4O4. The van der Waals surface area contributed by atoms with Crippen LogP contribution in [0.2, 0.25) is 0 Å². The summed E-state index contributed by atoms with van der Waals surface area (Å²) < 4.78 is 10.9. The maximum absolute atomic E-state index is 11.2. The van der Waals surface area contributed by atoms with Crippen molar-refractivity contribution in [2.75, 3.05) is 33.0 Å². The Hall–Kier alpha value is -1.87. The molecule has 0 aromatic heterocycles. The first kappa shape index (κ1) is 19.1. The van der Waals surface area contributed by atoms with Crippen molar-refractivity contribution in [3.63, 3.8) is 0 Å². The molecule has 4 aliphatic rings. The van der Waals surface area contributed by atoms with Crippen LogP contribution in [-0.4, -0.2) is 61.0 Å². The summed E-state index contributed by atoms with van der Waals surface area (Å²) in [7, 11) is 0. The lowest BCUT2D eigenvalue weighted by Crippen LogP contribution is -2.55. The number of rotatable bonds is 9. The van der Waals surface area contributed by atoms with Crippen LogP contribution in [0.4, 0.5) is 0 Å². The normalized spacial score (nSPS) is 30.5. The van der Waals surface area contributed by atoms with Crippen LogP contribution < -0.4 is 25.6 Å². The van der Waals surface area contributed by atoms with Crippen molar-refractivity contribution in [3.05, 3.63) is 23.8 Å². The summed E-state index contributed by atoms with van der Waals surface area (Å²) in [6.45, 7) is 3.26. The lowest BCUT2D eigenvalue weighted by Gasteiger charge is -2.43. The fraction of sp³-hybridized carbons (Fsp3) is 0.667. The van der Waals surface area contributed by atoms with E-state index in [0.717, 1.165) is 49.9 Å². The summed E-state index contributed by atoms with van der Waals surface area (Å²) >= 11 is 0. The highest BCUT2D eigenvalue weighted by Crippen LogP contribution is 2.37. The van der Waals surface area contributed by atoms with Crippen molar-refractivity contribution < 1.29 is 19.4 Å². The molecule has 1 aromatic carbocycles. The SMILES string of the molecule is O=C(O)CN(CC1CC1)C1CC(NCC2CNNC2c2ccc3c(c2)OCO3)C1. The number of benzene rings is 1. The number of ether oxygens (including phenoxy) is 2. The summed E-state index contributed by atoms with van der Waals surface area (Å²) in [5.41, 5.74) is 7.88. The van der Waals surface area contributed by atoms with Crippen molar-refractivity contribution in [1.82, 2.24) is 21.1 Å². The summed E-state index contributed by atoms with van der Waals surface area (Å²) in [6, 6.07) is 7.27. The number of nitrogens with one attached hydrogen (secondary N) is 3. The smallest absolute Gasteiger partial charge is 0.317 e. The van der Waals surface area contributed by atoms with E-state index < -0.39 is 5.97 Å². The lowest BCUT2D eigenvalue weighted by atomic mass is 9.84. The van der Waals surface area contributed by atoms with Gasteiger partial charge < -0.3 is 19.9 Å². The van der Waals surface area contributed by atoms with E-state index in [1.165, 1.54) is 18.4 Å². The minimum Gasteiger partial charge on any atom is -0.480 e. The largest absolute Gasteiger partial charge is 0.480 e. The van der Waals surface area contributed by atoms with Crippen molar-refractivity contribution in [3.8, 4) is 11.5 Å². The Balaban J connectivity index is 1.11. The minimum absolute atomic E-state index is 0.177. The molecule has 1 saturated heterocycles. The van der Waals surface area contributed by atoms with E-state index in [0.29, 0.717) is 24.8 Å². The Bertz CT molecular complexity index is 750. The third-order valence-corrected chi connectivity index (χ3v) is 6.68. The summed E-state index contributed by atoms with van der Waals surface area (Å²) in [6.07, 6.45) is 4.60. The predicted molar refractivity (Wildman–Crippen MR) is 107 cm³/mol. The lowest BCUT2D eigenvalue weighted by molar-refractivity contribution is -0.139. The zero-order chi connectivity index (χ0) is 19.8. The second kappa shape index (κ2) is 8.10. The Morgan fingerprint density at radius 3 is 2.86 bits per heavy atom. The molecule has 0 bridgehead atoms. The standard InChI is InChI=1S/C21H30N4O4/c26-20(27)11-25(10-13-1-2-13)17-6-16(7-17)22-8-15-9-23-24-21(15)14-3-4-18-19(5-14)29-12-28-18/h3-5,13,15-17,21-24H,1-2,6-12H2,(H,26,27). The molecule has 0 amide bonds. The van der Waals surface area contributed by atoms with Gasteiger partial charge in [-0.1, -0.05) is 6.07 Å². The van der Waals surface area contributed by atoms with Gasteiger partial charge in [0, 0.05) is 37.6 Å². The minimum atomic E-state index is -0.711. The quantitative estimate of drug-likeness (QED) is 0.488. The number of carboxylic acids is 1. The van der Waals surface area contributed by atoms with E-state index in [9.17, 15) is 9.90 Å². The second-order valence-electron chi connectivity index (χ2n) is 8.87. The first-order valence-corrected chi connectivity index (χ1v) is 10.7. The van der Waals surface area contributed by atoms with Gasteiger partial charge in [-0.2, -0.15) is 0 Å². The molecule has 2 aliphatic carbocycles. The number of carbonyl (C=O) groups is 1. The van der Waals surface area contributed by atoms with E-state index in [1.54, 1.807) is 0 Å². The molecule has 8 nitrogen and oxygen atoms in total. The van der Waals surface area contributed by atoms with Crippen molar-refractivity contribution in [2.45, 2.75) is 43.8 Å². The highest BCUT2D eigenvalue weighted by atomic mass is 16.7. The summed E-state index contributed by atoms with van der Waals surface area (Å²) in [5, 5.41) is 12.9. The number of hydrogen-bond donors (Lipinski definition) is 4. The van der Waals surface area contributed by atoms with Crippen LogP contribution in [-0.2, 0) is 4.79 Å². The predicted octanol–water partition coefficient (Wildman–Crippen LogP) is 1.10.